The highest BCUT2D eigenvalue weighted by Crippen LogP contribution is 2.25. The Morgan fingerprint density at radius 1 is 1.08 bits per heavy atom. The summed E-state index contributed by atoms with van der Waals surface area (Å²) < 4.78 is 1.79. The minimum Gasteiger partial charge on any atom is -0.324 e. The Bertz CT molecular complexity index is 1000. The number of hydrogen-bond donors (Lipinski definition) is 1. The number of halogens is 1. The van der Waals surface area contributed by atoms with E-state index in [0.29, 0.717) is 11.4 Å². The van der Waals surface area contributed by atoms with Crippen molar-refractivity contribution in [1.29, 1.82) is 0 Å². The smallest absolute Gasteiger partial charge is 0.234 e. The molecule has 0 bridgehead atoms. The molecule has 4 rings (SSSR count). The molecule has 2 aromatic carbocycles. The third kappa shape index (κ3) is 3.28. The van der Waals surface area contributed by atoms with E-state index in [2.05, 4.69) is 34.4 Å². The molecule has 0 saturated carbocycles. The van der Waals surface area contributed by atoms with E-state index in [1.54, 1.807) is 4.52 Å². The molecule has 0 aliphatic rings. The largest absolute Gasteiger partial charge is 0.324 e. The molecule has 0 fully saturated rings. The van der Waals surface area contributed by atoms with Crippen molar-refractivity contribution in [2.45, 2.75) is 19.4 Å². The number of aromatic nitrogens is 4. The van der Waals surface area contributed by atoms with E-state index in [1.165, 1.54) is 16.9 Å². The maximum absolute atomic E-state index is 6.31. The molecule has 1 atom stereocenters. The predicted molar refractivity (Wildman–Crippen MR) is 101 cm³/mol. The normalized spacial score (nSPS) is 12.6. The third-order valence-corrected chi connectivity index (χ3v) is 5.21. The number of nitrogens with zero attached hydrogens (tertiary/aromatic N) is 4. The zero-order valence-electron chi connectivity index (χ0n) is 13.6. The fraction of sp³-hybridized carbons (Fsp3) is 0.167. The second-order valence-corrected chi connectivity index (χ2v) is 7.42. The van der Waals surface area contributed by atoms with Crippen molar-refractivity contribution >= 4 is 27.9 Å². The molecule has 0 radical (unpaired) electrons. The Kier molecular flexibility index (Phi) is 4.25. The van der Waals surface area contributed by atoms with Gasteiger partial charge in [-0.05, 0) is 24.6 Å². The van der Waals surface area contributed by atoms with Gasteiger partial charge in [0.05, 0.1) is 0 Å². The lowest BCUT2D eigenvalue weighted by Crippen LogP contribution is -2.13. The molecule has 0 saturated heterocycles. The van der Waals surface area contributed by atoms with Crippen molar-refractivity contribution in [3.8, 4) is 11.4 Å². The topological polar surface area (TPSA) is 69.1 Å². The minimum atomic E-state index is -0.135. The summed E-state index contributed by atoms with van der Waals surface area (Å²) in [4.78, 5) is 0.772. The molecule has 4 aromatic rings. The highest BCUT2D eigenvalue weighted by Gasteiger charge is 2.16. The first-order chi connectivity index (χ1) is 12.1. The zero-order valence-corrected chi connectivity index (χ0v) is 15.1. The minimum absolute atomic E-state index is 0.135. The number of aryl methyl sites for hydroxylation is 1. The fourth-order valence-electron chi connectivity index (χ4n) is 2.64. The Balaban J connectivity index is 1.61. The van der Waals surface area contributed by atoms with Crippen LogP contribution in [0.3, 0.4) is 0 Å². The lowest BCUT2D eigenvalue weighted by Gasteiger charge is -2.09. The van der Waals surface area contributed by atoms with Crippen molar-refractivity contribution in [3.63, 3.8) is 0 Å². The van der Waals surface area contributed by atoms with Crippen LogP contribution in [0.1, 0.15) is 22.2 Å². The summed E-state index contributed by atoms with van der Waals surface area (Å²) >= 11 is 7.45. The molecule has 2 heterocycles. The number of hydrogen-bond acceptors (Lipinski definition) is 5. The van der Waals surface area contributed by atoms with E-state index in [9.17, 15) is 0 Å². The first-order valence-corrected chi connectivity index (χ1v) is 9.09. The molecular formula is C18H16ClN5S. The number of rotatable bonds is 4. The van der Waals surface area contributed by atoms with Crippen molar-refractivity contribution in [1.82, 2.24) is 19.8 Å². The number of benzene rings is 2. The predicted octanol–water partition coefficient (Wildman–Crippen LogP) is 4.06. The zero-order chi connectivity index (χ0) is 17.4. The van der Waals surface area contributed by atoms with E-state index in [-0.39, 0.29) is 6.04 Å². The molecule has 126 valence electrons. The van der Waals surface area contributed by atoms with Gasteiger partial charge in [-0.3, -0.25) is 0 Å². The second-order valence-electron chi connectivity index (χ2n) is 5.94. The molecule has 0 spiro atoms. The molecule has 0 aliphatic carbocycles. The summed E-state index contributed by atoms with van der Waals surface area (Å²) in [7, 11) is 0. The second kappa shape index (κ2) is 6.55. The van der Waals surface area contributed by atoms with Gasteiger partial charge in [-0.25, -0.2) is 0 Å². The van der Waals surface area contributed by atoms with Gasteiger partial charge in [0.25, 0.3) is 0 Å². The average molecular weight is 370 g/mol. The van der Waals surface area contributed by atoms with Crippen molar-refractivity contribution in [2.75, 3.05) is 0 Å². The Labute approximate surface area is 154 Å². The van der Waals surface area contributed by atoms with E-state index in [0.717, 1.165) is 26.9 Å². The summed E-state index contributed by atoms with van der Waals surface area (Å²) in [6.45, 7) is 2.06. The molecule has 7 heteroatoms. The monoisotopic (exact) mass is 369 g/mol. The van der Waals surface area contributed by atoms with Crippen LogP contribution in [-0.2, 0) is 6.42 Å². The van der Waals surface area contributed by atoms with Gasteiger partial charge in [-0.2, -0.15) is 9.61 Å². The molecule has 2 aromatic heterocycles. The Morgan fingerprint density at radius 2 is 1.80 bits per heavy atom. The van der Waals surface area contributed by atoms with Gasteiger partial charge in [-0.1, -0.05) is 64.9 Å². The van der Waals surface area contributed by atoms with E-state index >= 15 is 0 Å². The number of fused-ring (bicyclic) bond motifs is 1. The third-order valence-electron chi connectivity index (χ3n) is 4.04. The van der Waals surface area contributed by atoms with Crippen molar-refractivity contribution in [2.24, 2.45) is 5.73 Å². The molecule has 5 nitrogen and oxygen atoms in total. The van der Waals surface area contributed by atoms with Gasteiger partial charge in [0.1, 0.15) is 5.01 Å². The van der Waals surface area contributed by atoms with Crippen LogP contribution in [0.5, 0.6) is 0 Å². The van der Waals surface area contributed by atoms with Gasteiger partial charge < -0.3 is 5.73 Å². The molecule has 0 aliphatic heterocycles. The maximum Gasteiger partial charge on any atom is 0.234 e. The number of nitrogens with two attached hydrogens (primary N) is 1. The van der Waals surface area contributed by atoms with Crippen molar-refractivity contribution in [3.05, 3.63) is 69.7 Å². The average Bonchev–Trinajstić information content (AvgIpc) is 3.16. The molecular weight excluding hydrogens is 354 g/mol. The molecule has 2 N–H and O–H groups in total. The van der Waals surface area contributed by atoms with Gasteiger partial charge in [0.15, 0.2) is 5.82 Å². The molecule has 25 heavy (non-hydrogen) atoms. The molecule has 1 unspecified atom stereocenters. The standard InChI is InChI=1S/C18H16ClN5S/c1-11-2-4-13(5-3-11)17-21-22-18-24(17)23-16(25-18)10-15(20)12-6-8-14(19)9-7-12/h2-9,15H,10,20H2,1H3. The Hall–Kier alpha value is -2.28. The first-order valence-electron chi connectivity index (χ1n) is 7.89. The van der Waals surface area contributed by atoms with Gasteiger partial charge in [-0.15, -0.1) is 10.2 Å². The van der Waals surface area contributed by atoms with Crippen LogP contribution in [0, 0.1) is 6.92 Å². The fourth-order valence-corrected chi connectivity index (χ4v) is 3.66. The van der Waals surface area contributed by atoms with E-state index < -0.39 is 0 Å². The van der Waals surface area contributed by atoms with Gasteiger partial charge in [0.2, 0.25) is 4.96 Å². The van der Waals surface area contributed by atoms with E-state index in [1.807, 2.05) is 36.4 Å². The van der Waals surface area contributed by atoms with Gasteiger partial charge in [0, 0.05) is 23.0 Å². The lowest BCUT2D eigenvalue weighted by atomic mass is 10.1. The quantitative estimate of drug-likeness (QED) is 0.589. The van der Waals surface area contributed by atoms with Crippen LogP contribution in [-0.4, -0.2) is 19.8 Å². The van der Waals surface area contributed by atoms with Crippen molar-refractivity contribution < 1.29 is 0 Å². The highest BCUT2D eigenvalue weighted by molar-refractivity contribution is 7.16. The van der Waals surface area contributed by atoms with Gasteiger partial charge >= 0.3 is 0 Å². The summed E-state index contributed by atoms with van der Waals surface area (Å²) in [5.74, 6) is 0.748. The van der Waals surface area contributed by atoms with Crippen LogP contribution in [0.15, 0.2) is 48.5 Å². The summed E-state index contributed by atoms with van der Waals surface area (Å²) in [6, 6.07) is 15.6. The van der Waals surface area contributed by atoms with Crippen LogP contribution < -0.4 is 5.73 Å². The summed E-state index contributed by atoms with van der Waals surface area (Å²) in [5.41, 5.74) is 9.55. The maximum atomic E-state index is 6.31. The van der Waals surface area contributed by atoms with E-state index in [4.69, 9.17) is 17.3 Å². The van der Waals surface area contributed by atoms with Crippen LogP contribution >= 0.6 is 22.9 Å². The lowest BCUT2D eigenvalue weighted by molar-refractivity contribution is 0.705. The van der Waals surface area contributed by atoms with Crippen LogP contribution in [0.4, 0.5) is 0 Å². The first kappa shape index (κ1) is 16.2. The van der Waals surface area contributed by atoms with Crippen LogP contribution in [0.25, 0.3) is 16.3 Å². The van der Waals surface area contributed by atoms with Crippen LogP contribution in [0.2, 0.25) is 5.02 Å². The Morgan fingerprint density at radius 3 is 2.52 bits per heavy atom. The summed E-state index contributed by atoms with van der Waals surface area (Å²) in [6.07, 6.45) is 0.642. The highest BCUT2D eigenvalue weighted by atomic mass is 35.5. The SMILES string of the molecule is Cc1ccc(-c2nnc3sc(CC(N)c4ccc(Cl)cc4)nn23)cc1. The summed E-state index contributed by atoms with van der Waals surface area (Å²) in [5, 5.41) is 14.8. The molecule has 0 amide bonds.